The second-order valence-electron chi connectivity index (χ2n) is 4.60. The number of rotatable bonds is 5. The highest BCUT2D eigenvalue weighted by molar-refractivity contribution is 5.41. The molecule has 0 unspecified atom stereocenters. The van der Waals surface area contributed by atoms with Crippen LogP contribution in [0.5, 0.6) is 0 Å². The van der Waals surface area contributed by atoms with E-state index in [2.05, 4.69) is 27.5 Å². The number of hydrogen-bond acceptors (Lipinski definition) is 4. The Labute approximate surface area is 96.9 Å². The lowest BCUT2D eigenvalue weighted by Crippen LogP contribution is -2.36. The van der Waals surface area contributed by atoms with E-state index in [-0.39, 0.29) is 0 Å². The summed E-state index contributed by atoms with van der Waals surface area (Å²) in [6.45, 7) is 3.29. The highest BCUT2D eigenvalue weighted by atomic mass is 15.1. The molecule has 0 aliphatic heterocycles. The lowest BCUT2D eigenvalue weighted by atomic mass is 9.67. The summed E-state index contributed by atoms with van der Waals surface area (Å²) in [7, 11) is 1.85. The highest BCUT2D eigenvalue weighted by Crippen LogP contribution is 2.43. The molecule has 1 aromatic rings. The van der Waals surface area contributed by atoms with Gasteiger partial charge in [0.25, 0.3) is 0 Å². The first-order valence-corrected chi connectivity index (χ1v) is 6.02. The summed E-state index contributed by atoms with van der Waals surface area (Å²) >= 11 is 0. The van der Waals surface area contributed by atoms with Gasteiger partial charge in [0.15, 0.2) is 0 Å². The Kier molecular flexibility index (Phi) is 3.27. The maximum Gasteiger partial charge on any atom is 0.146 e. The summed E-state index contributed by atoms with van der Waals surface area (Å²) in [6, 6.07) is 0. The number of aromatic nitrogens is 2. The molecule has 1 fully saturated rings. The van der Waals surface area contributed by atoms with Crippen molar-refractivity contribution in [2.45, 2.75) is 32.6 Å². The van der Waals surface area contributed by atoms with Crippen molar-refractivity contribution in [3.63, 3.8) is 0 Å². The SMILES string of the molecule is CCC1(CNc2cncc(NC)n2)CCC1. The molecule has 0 spiro atoms. The van der Waals surface area contributed by atoms with Gasteiger partial charge in [-0.25, -0.2) is 4.98 Å². The molecule has 2 N–H and O–H groups in total. The van der Waals surface area contributed by atoms with E-state index in [1.807, 2.05) is 7.05 Å². The summed E-state index contributed by atoms with van der Waals surface area (Å²) in [4.78, 5) is 8.54. The van der Waals surface area contributed by atoms with Crippen LogP contribution in [0.15, 0.2) is 12.4 Å². The van der Waals surface area contributed by atoms with Crippen LogP contribution in [0.4, 0.5) is 11.6 Å². The highest BCUT2D eigenvalue weighted by Gasteiger charge is 2.34. The van der Waals surface area contributed by atoms with Crippen LogP contribution < -0.4 is 10.6 Å². The zero-order chi connectivity index (χ0) is 11.4. The fourth-order valence-electron chi connectivity index (χ4n) is 2.18. The first-order chi connectivity index (χ1) is 7.78. The predicted molar refractivity (Wildman–Crippen MR) is 66.6 cm³/mol. The van der Waals surface area contributed by atoms with E-state index in [9.17, 15) is 0 Å². The third-order valence-corrected chi connectivity index (χ3v) is 3.70. The molecule has 0 radical (unpaired) electrons. The second kappa shape index (κ2) is 4.68. The van der Waals surface area contributed by atoms with Gasteiger partial charge in [-0.2, -0.15) is 0 Å². The Bertz CT molecular complexity index is 341. The first-order valence-electron chi connectivity index (χ1n) is 6.02. The Balaban J connectivity index is 1.93. The molecule has 0 bridgehead atoms. The zero-order valence-electron chi connectivity index (χ0n) is 10.1. The van der Waals surface area contributed by atoms with Crippen LogP contribution in [0, 0.1) is 5.41 Å². The van der Waals surface area contributed by atoms with Gasteiger partial charge >= 0.3 is 0 Å². The molecule has 1 aromatic heterocycles. The van der Waals surface area contributed by atoms with Crippen LogP contribution >= 0.6 is 0 Å². The van der Waals surface area contributed by atoms with Gasteiger partial charge in [0, 0.05) is 13.6 Å². The topological polar surface area (TPSA) is 49.8 Å². The molecule has 1 aliphatic carbocycles. The van der Waals surface area contributed by atoms with Gasteiger partial charge in [-0.05, 0) is 24.7 Å². The maximum absolute atomic E-state index is 4.40. The summed E-state index contributed by atoms with van der Waals surface area (Å²) in [5.41, 5.74) is 0.511. The average molecular weight is 220 g/mol. The molecular weight excluding hydrogens is 200 g/mol. The molecule has 16 heavy (non-hydrogen) atoms. The monoisotopic (exact) mass is 220 g/mol. The Morgan fingerprint density at radius 2 is 2.06 bits per heavy atom. The van der Waals surface area contributed by atoms with E-state index in [4.69, 9.17) is 0 Å². The van der Waals surface area contributed by atoms with Crippen molar-refractivity contribution < 1.29 is 0 Å². The molecular formula is C12H20N4. The van der Waals surface area contributed by atoms with Crippen LogP contribution in [0.2, 0.25) is 0 Å². The van der Waals surface area contributed by atoms with Gasteiger partial charge < -0.3 is 10.6 Å². The Hall–Kier alpha value is -1.32. The average Bonchev–Trinajstić information content (AvgIpc) is 2.29. The van der Waals surface area contributed by atoms with Crippen LogP contribution in [0.3, 0.4) is 0 Å². The third-order valence-electron chi connectivity index (χ3n) is 3.70. The summed E-state index contributed by atoms with van der Waals surface area (Å²) < 4.78 is 0. The number of nitrogens with zero attached hydrogens (tertiary/aromatic N) is 2. The van der Waals surface area contributed by atoms with E-state index in [0.29, 0.717) is 5.41 Å². The zero-order valence-corrected chi connectivity index (χ0v) is 10.1. The van der Waals surface area contributed by atoms with Crippen molar-refractivity contribution in [1.29, 1.82) is 0 Å². The fraction of sp³-hybridized carbons (Fsp3) is 0.667. The molecule has 4 nitrogen and oxygen atoms in total. The molecule has 4 heteroatoms. The van der Waals surface area contributed by atoms with E-state index < -0.39 is 0 Å². The smallest absolute Gasteiger partial charge is 0.146 e. The largest absolute Gasteiger partial charge is 0.372 e. The number of hydrogen-bond donors (Lipinski definition) is 2. The molecule has 0 amide bonds. The summed E-state index contributed by atoms with van der Waals surface area (Å²) in [5.74, 6) is 1.68. The van der Waals surface area contributed by atoms with Crippen molar-refractivity contribution in [1.82, 2.24) is 9.97 Å². The minimum atomic E-state index is 0.511. The van der Waals surface area contributed by atoms with E-state index in [1.54, 1.807) is 12.4 Å². The third kappa shape index (κ3) is 2.26. The van der Waals surface area contributed by atoms with Gasteiger partial charge in [0.2, 0.25) is 0 Å². The van der Waals surface area contributed by atoms with Crippen LogP contribution in [0.1, 0.15) is 32.6 Å². The van der Waals surface area contributed by atoms with Crippen molar-refractivity contribution >= 4 is 11.6 Å². The quantitative estimate of drug-likeness (QED) is 0.800. The molecule has 1 saturated carbocycles. The van der Waals surface area contributed by atoms with Gasteiger partial charge in [0.1, 0.15) is 11.6 Å². The minimum Gasteiger partial charge on any atom is -0.372 e. The van der Waals surface area contributed by atoms with Crippen LogP contribution in [-0.4, -0.2) is 23.6 Å². The second-order valence-corrected chi connectivity index (χ2v) is 4.60. The molecule has 0 saturated heterocycles. The van der Waals surface area contributed by atoms with Gasteiger partial charge in [-0.15, -0.1) is 0 Å². The van der Waals surface area contributed by atoms with Crippen LogP contribution in [-0.2, 0) is 0 Å². The molecule has 1 heterocycles. The number of anilines is 2. The first kappa shape index (κ1) is 11.2. The molecule has 1 aliphatic rings. The van der Waals surface area contributed by atoms with E-state index in [0.717, 1.165) is 18.2 Å². The molecule has 0 aromatic carbocycles. The van der Waals surface area contributed by atoms with Gasteiger partial charge in [-0.3, -0.25) is 4.98 Å². The standard InChI is InChI=1S/C12H20N4/c1-3-12(5-4-6-12)9-15-11-8-14-7-10(13-2)16-11/h7-8H,3-6,9H2,1-2H3,(H2,13,15,16). The lowest BCUT2D eigenvalue weighted by molar-refractivity contribution is 0.145. The van der Waals surface area contributed by atoms with Crippen molar-refractivity contribution in [2.24, 2.45) is 5.41 Å². The number of nitrogens with one attached hydrogen (secondary N) is 2. The van der Waals surface area contributed by atoms with Crippen LogP contribution in [0.25, 0.3) is 0 Å². The molecule has 0 atom stereocenters. The Morgan fingerprint density at radius 1 is 1.31 bits per heavy atom. The summed E-state index contributed by atoms with van der Waals surface area (Å²) in [6.07, 6.45) is 8.81. The van der Waals surface area contributed by atoms with Crippen molar-refractivity contribution in [3.8, 4) is 0 Å². The molecule has 88 valence electrons. The van der Waals surface area contributed by atoms with E-state index in [1.165, 1.54) is 25.7 Å². The van der Waals surface area contributed by atoms with Crippen molar-refractivity contribution in [2.75, 3.05) is 24.2 Å². The fourth-order valence-corrected chi connectivity index (χ4v) is 2.18. The van der Waals surface area contributed by atoms with Gasteiger partial charge in [0.05, 0.1) is 12.4 Å². The summed E-state index contributed by atoms with van der Waals surface area (Å²) in [5, 5.41) is 6.39. The minimum absolute atomic E-state index is 0.511. The predicted octanol–water partition coefficient (Wildman–Crippen LogP) is 2.51. The maximum atomic E-state index is 4.40. The van der Waals surface area contributed by atoms with E-state index >= 15 is 0 Å². The van der Waals surface area contributed by atoms with Crippen molar-refractivity contribution in [3.05, 3.63) is 12.4 Å². The molecule has 2 rings (SSSR count). The normalized spacial score (nSPS) is 17.6. The Morgan fingerprint density at radius 3 is 2.62 bits per heavy atom. The lowest BCUT2D eigenvalue weighted by Gasteiger charge is -2.41. The van der Waals surface area contributed by atoms with Gasteiger partial charge in [-0.1, -0.05) is 13.3 Å².